The Labute approximate surface area is 87.4 Å². The van der Waals surface area contributed by atoms with Crippen molar-refractivity contribution in [2.24, 2.45) is 11.5 Å². The Morgan fingerprint density at radius 3 is 2.40 bits per heavy atom. The molecule has 0 saturated carbocycles. The molecule has 0 saturated heterocycles. The van der Waals surface area contributed by atoms with Gasteiger partial charge in [0.05, 0.1) is 5.97 Å². The second-order valence-electron chi connectivity index (χ2n) is 3.16. The summed E-state index contributed by atoms with van der Waals surface area (Å²) in [4.78, 5) is 13.2. The molecule has 1 aromatic carbocycles. The van der Waals surface area contributed by atoms with Gasteiger partial charge in [0.2, 0.25) is 0 Å². The normalized spacial score (nSPS) is 11.7. The first-order chi connectivity index (χ1) is 7.09. The van der Waals surface area contributed by atoms with Crippen LogP contribution >= 0.6 is 0 Å². The number of aliphatic carboxylic acids is 1. The number of carbonyl (C=O) groups excluding carboxylic acids is 1. The van der Waals surface area contributed by atoms with Gasteiger partial charge in [-0.15, -0.1) is 0 Å². The van der Waals surface area contributed by atoms with Gasteiger partial charge < -0.3 is 9.90 Å². The zero-order valence-electron chi connectivity index (χ0n) is 8.14. The van der Waals surface area contributed by atoms with Crippen molar-refractivity contribution in [1.29, 1.82) is 0 Å². The fourth-order valence-electron chi connectivity index (χ4n) is 1.24. The van der Waals surface area contributed by atoms with Crippen molar-refractivity contribution in [2.75, 3.05) is 0 Å². The summed E-state index contributed by atoms with van der Waals surface area (Å²) >= 11 is 0. The third kappa shape index (κ3) is 3.68. The second-order valence-corrected chi connectivity index (χ2v) is 3.16. The number of hydrogen-bond donors (Lipinski definition) is 3. The average Bonchev–Trinajstić information content (AvgIpc) is 2.17. The molecular weight excluding hydrogens is 194 g/mol. The minimum atomic E-state index is -1.23. The zero-order valence-corrected chi connectivity index (χ0v) is 8.14. The Hall–Kier alpha value is -2.04. The molecule has 0 aliphatic rings. The van der Waals surface area contributed by atoms with Gasteiger partial charge in [0.25, 0.3) is 0 Å². The summed E-state index contributed by atoms with van der Waals surface area (Å²) in [7, 11) is 0. The Balaban J connectivity index is 2.76. The molecule has 5 nitrogen and oxygen atoms in total. The smallest absolute Gasteiger partial charge is 0.339 e. The number of carboxylic acid groups (broad SMARTS) is 1. The van der Waals surface area contributed by atoms with Crippen molar-refractivity contribution in [3.63, 3.8) is 0 Å². The summed E-state index contributed by atoms with van der Waals surface area (Å²) in [6.07, 6.45) is 0.279. The topological polar surface area (TPSA) is 106 Å². The lowest BCUT2D eigenvalue weighted by Crippen LogP contribution is -2.87. The fraction of sp³-hybridized carbons (Fsp3) is 0.200. The number of nitrogens with one attached hydrogen (secondary N) is 1. The van der Waals surface area contributed by atoms with Crippen LogP contribution in [-0.2, 0) is 11.2 Å². The number of benzene rings is 1. The Kier molecular flexibility index (Phi) is 3.68. The van der Waals surface area contributed by atoms with Crippen molar-refractivity contribution in [2.45, 2.75) is 12.5 Å². The number of nitrogens with two attached hydrogens (primary N) is 2. The van der Waals surface area contributed by atoms with Crippen LogP contribution in [0.25, 0.3) is 0 Å². The molecule has 0 bridgehead atoms. The van der Waals surface area contributed by atoms with E-state index >= 15 is 0 Å². The third-order valence-corrected chi connectivity index (χ3v) is 1.91. The number of guanidine groups is 1. The Morgan fingerprint density at radius 2 is 1.93 bits per heavy atom. The zero-order chi connectivity index (χ0) is 11.3. The molecule has 1 aromatic rings. The van der Waals surface area contributed by atoms with E-state index in [0.29, 0.717) is 0 Å². The van der Waals surface area contributed by atoms with Crippen molar-refractivity contribution in [3.05, 3.63) is 35.9 Å². The molecule has 0 unspecified atom stereocenters. The predicted octanol–water partition coefficient (Wildman–Crippen LogP) is -3.30. The highest BCUT2D eigenvalue weighted by Gasteiger charge is 2.10. The van der Waals surface area contributed by atoms with Gasteiger partial charge in [-0.25, -0.2) is 0 Å². The molecule has 0 aliphatic heterocycles. The van der Waals surface area contributed by atoms with Gasteiger partial charge in [0.1, 0.15) is 6.04 Å². The Bertz CT molecular complexity index is 358. The molecule has 5 heteroatoms. The Morgan fingerprint density at radius 1 is 1.33 bits per heavy atom. The van der Waals surface area contributed by atoms with E-state index in [1.807, 2.05) is 30.3 Å². The minimum Gasteiger partial charge on any atom is -0.546 e. The molecule has 1 rings (SSSR count). The van der Waals surface area contributed by atoms with Gasteiger partial charge in [-0.1, -0.05) is 30.3 Å². The summed E-state index contributed by atoms with van der Waals surface area (Å²) in [5.41, 5.74) is 11.2. The highest BCUT2D eigenvalue weighted by Crippen LogP contribution is 2.00. The van der Waals surface area contributed by atoms with Gasteiger partial charge in [0, 0.05) is 6.42 Å². The maximum atomic E-state index is 10.7. The maximum absolute atomic E-state index is 10.7. The van der Waals surface area contributed by atoms with Crippen molar-refractivity contribution in [3.8, 4) is 0 Å². The third-order valence-electron chi connectivity index (χ3n) is 1.91. The summed E-state index contributed by atoms with van der Waals surface area (Å²) in [5, 5.41) is 10.7. The van der Waals surface area contributed by atoms with Gasteiger partial charge >= 0.3 is 5.96 Å². The van der Waals surface area contributed by atoms with Crippen LogP contribution < -0.4 is 21.6 Å². The second kappa shape index (κ2) is 4.99. The SMILES string of the molecule is NC(N)=[NH+][C@H](Cc1ccccc1)C(=O)[O-]. The quantitative estimate of drug-likeness (QED) is 0.355. The van der Waals surface area contributed by atoms with E-state index < -0.39 is 12.0 Å². The van der Waals surface area contributed by atoms with Crippen molar-refractivity contribution in [1.82, 2.24) is 0 Å². The molecule has 80 valence electrons. The van der Waals surface area contributed by atoms with Crippen LogP contribution in [0.1, 0.15) is 5.56 Å². The number of hydrogen-bond acceptors (Lipinski definition) is 2. The first-order valence-corrected chi connectivity index (χ1v) is 4.49. The van der Waals surface area contributed by atoms with Crippen molar-refractivity contribution < 1.29 is 14.9 Å². The van der Waals surface area contributed by atoms with E-state index in [1.54, 1.807) is 0 Å². The minimum absolute atomic E-state index is 0.125. The van der Waals surface area contributed by atoms with Crippen LogP contribution in [0.15, 0.2) is 30.3 Å². The van der Waals surface area contributed by atoms with Crippen molar-refractivity contribution >= 4 is 11.9 Å². The predicted molar refractivity (Wildman–Crippen MR) is 53.3 cm³/mol. The summed E-state index contributed by atoms with van der Waals surface area (Å²) in [5.74, 6) is -1.35. The largest absolute Gasteiger partial charge is 0.546 e. The fourth-order valence-corrected chi connectivity index (χ4v) is 1.24. The van der Waals surface area contributed by atoms with E-state index in [0.717, 1.165) is 5.56 Å². The van der Waals surface area contributed by atoms with Crippen LogP contribution in [0, 0.1) is 0 Å². The first-order valence-electron chi connectivity index (χ1n) is 4.49. The summed E-state index contributed by atoms with van der Waals surface area (Å²) < 4.78 is 0. The van der Waals surface area contributed by atoms with E-state index in [2.05, 4.69) is 4.99 Å². The molecule has 0 fully saturated rings. The van der Waals surface area contributed by atoms with Crippen LogP contribution in [0.3, 0.4) is 0 Å². The lowest BCUT2D eigenvalue weighted by Gasteiger charge is -2.12. The van der Waals surface area contributed by atoms with Gasteiger partial charge in [-0.05, 0) is 5.56 Å². The first kappa shape index (κ1) is 11.0. The molecule has 1 atom stereocenters. The summed E-state index contributed by atoms with van der Waals surface area (Å²) in [6, 6.07) is 8.26. The molecule has 0 heterocycles. The van der Waals surface area contributed by atoms with E-state index in [4.69, 9.17) is 11.5 Å². The van der Waals surface area contributed by atoms with E-state index in [9.17, 15) is 9.90 Å². The lowest BCUT2D eigenvalue weighted by molar-refractivity contribution is -0.507. The number of carbonyl (C=O) groups is 1. The highest BCUT2D eigenvalue weighted by molar-refractivity contribution is 5.73. The molecule has 15 heavy (non-hydrogen) atoms. The van der Waals surface area contributed by atoms with Crippen LogP contribution in [-0.4, -0.2) is 18.0 Å². The molecule has 0 spiro atoms. The van der Waals surface area contributed by atoms with Gasteiger partial charge in [-0.3, -0.25) is 16.5 Å². The molecule has 0 aliphatic carbocycles. The van der Waals surface area contributed by atoms with E-state index in [-0.39, 0.29) is 12.4 Å². The summed E-state index contributed by atoms with van der Waals surface area (Å²) in [6.45, 7) is 0. The lowest BCUT2D eigenvalue weighted by atomic mass is 10.1. The average molecular weight is 207 g/mol. The van der Waals surface area contributed by atoms with Crippen LogP contribution in [0.4, 0.5) is 0 Å². The molecule has 5 N–H and O–H groups in total. The van der Waals surface area contributed by atoms with Crippen LogP contribution in [0.2, 0.25) is 0 Å². The maximum Gasteiger partial charge on any atom is 0.339 e. The number of carboxylic acids is 1. The molecule has 0 aromatic heterocycles. The van der Waals surface area contributed by atoms with Gasteiger partial charge in [0.15, 0.2) is 0 Å². The monoisotopic (exact) mass is 207 g/mol. The number of rotatable bonds is 4. The highest BCUT2D eigenvalue weighted by atomic mass is 16.4. The van der Waals surface area contributed by atoms with Crippen LogP contribution in [0.5, 0.6) is 0 Å². The molecular formula is C10H13N3O2. The van der Waals surface area contributed by atoms with Gasteiger partial charge in [-0.2, -0.15) is 0 Å². The molecule has 0 amide bonds. The van der Waals surface area contributed by atoms with E-state index in [1.165, 1.54) is 0 Å². The molecule has 0 radical (unpaired) electrons. The standard InChI is InChI=1S/C10H13N3O2/c11-10(12)13-8(9(14)15)6-7-4-2-1-3-5-7/h1-5,8H,6H2,(H,14,15)(H4,11,12,13)/t8-/m1/s1.